The van der Waals surface area contributed by atoms with Gasteiger partial charge in [0.05, 0.1) is 31.1 Å². The van der Waals surface area contributed by atoms with E-state index in [2.05, 4.69) is 61.7 Å². The first kappa shape index (κ1) is 32.0. The molecule has 4 rings (SSSR count). The molecule has 0 radical (unpaired) electrons. The summed E-state index contributed by atoms with van der Waals surface area (Å²) in [6, 6.07) is 6.34. The standard InChI is InChI=1S/C28H31F4N9O3/c1-27(2,3)19-8-9-33-20(14-19)15-34-26(43)23-16-40(38-36-23)10-4-5-11-41-17-24(37-39-41)35-25(42)13-18-12-21(6-7-22(18)29)44-28(30,31)32/h6-9,12,14,16-17H,4-5,10-11,13,15H2,1-3H3,(H,34,43)(H,35,42). The first-order chi connectivity index (χ1) is 20.7. The van der Waals surface area contributed by atoms with Gasteiger partial charge in [-0.2, -0.15) is 0 Å². The van der Waals surface area contributed by atoms with Crippen molar-refractivity contribution in [2.45, 2.75) is 71.4 Å². The molecule has 3 aromatic heterocycles. The number of carbonyl (C=O) groups excluding carboxylic acids is 2. The highest BCUT2D eigenvalue weighted by molar-refractivity contribution is 5.92. The fourth-order valence-electron chi connectivity index (χ4n) is 4.07. The van der Waals surface area contributed by atoms with Crippen molar-refractivity contribution in [3.8, 4) is 5.75 Å². The minimum atomic E-state index is -4.94. The van der Waals surface area contributed by atoms with Gasteiger partial charge >= 0.3 is 6.36 Å². The van der Waals surface area contributed by atoms with Crippen LogP contribution in [-0.2, 0) is 36.3 Å². The van der Waals surface area contributed by atoms with Crippen molar-refractivity contribution in [2.75, 3.05) is 5.32 Å². The number of hydrogen-bond donors (Lipinski definition) is 2. The van der Waals surface area contributed by atoms with Gasteiger partial charge in [-0.05, 0) is 54.2 Å². The van der Waals surface area contributed by atoms with Gasteiger partial charge in [-0.15, -0.1) is 23.4 Å². The third-order valence-corrected chi connectivity index (χ3v) is 6.32. The van der Waals surface area contributed by atoms with Gasteiger partial charge in [-0.1, -0.05) is 31.2 Å². The molecule has 0 unspecified atom stereocenters. The van der Waals surface area contributed by atoms with Crippen molar-refractivity contribution >= 4 is 17.6 Å². The van der Waals surface area contributed by atoms with E-state index in [1.165, 1.54) is 10.9 Å². The minimum absolute atomic E-state index is 0.0323. The summed E-state index contributed by atoms with van der Waals surface area (Å²) in [4.78, 5) is 29.1. The number of alkyl halides is 3. The lowest BCUT2D eigenvalue weighted by Gasteiger charge is -2.19. The molecule has 0 fully saturated rings. The Morgan fingerprint density at radius 1 is 0.955 bits per heavy atom. The fourth-order valence-corrected chi connectivity index (χ4v) is 4.07. The Balaban J connectivity index is 1.18. The summed E-state index contributed by atoms with van der Waals surface area (Å²) in [6.45, 7) is 7.52. The number of pyridine rings is 1. The number of amides is 2. The largest absolute Gasteiger partial charge is 0.573 e. The molecule has 1 aromatic carbocycles. The van der Waals surface area contributed by atoms with Crippen LogP contribution in [0.15, 0.2) is 48.9 Å². The summed E-state index contributed by atoms with van der Waals surface area (Å²) < 4.78 is 58.1. The quantitative estimate of drug-likeness (QED) is 0.178. The molecule has 0 aliphatic rings. The number of unbranched alkanes of at least 4 members (excludes halogenated alkanes) is 1. The molecule has 4 aromatic rings. The summed E-state index contributed by atoms with van der Waals surface area (Å²) >= 11 is 0. The number of benzene rings is 1. The van der Waals surface area contributed by atoms with E-state index in [1.54, 1.807) is 17.1 Å². The van der Waals surface area contributed by atoms with Gasteiger partial charge in [0.1, 0.15) is 11.6 Å². The van der Waals surface area contributed by atoms with Crippen molar-refractivity contribution < 1.29 is 31.9 Å². The Kier molecular flexibility index (Phi) is 9.90. The molecule has 0 bridgehead atoms. The Labute approximate surface area is 249 Å². The van der Waals surface area contributed by atoms with Crippen molar-refractivity contribution in [2.24, 2.45) is 0 Å². The Morgan fingerprint density at radius 2 is 1.66 bits per heavy atom. The smallest absolute Gasteiger partial charge is 0.406 e. The van der Waals surface area contributed by atoms with Crippen LogP contribution < -0.4 is 15.4 Å². The number of carbonyl (C=O) groups is 2. The molecule has 234 valence electrons. The number of anilines is 1. The highest BCUT2D eigenvalue weighted by Crippen LogP contribution is 2.25. The van der Waals surface area contributed by atoms with E-state index in [9.17, 15) is 27.2 Å². The van der Waals surface area contributed by atoms with Crippen molar-refractivity contribution in [3.63, 3.8) is 0 Å². The second-order valence-corrected chi connectivity index (χ2v) is 10.9. The molecule has 3 heterocycles. The van der Waals surface area contributed by atoms with Crippen LogP contribution in [0.2, 0.25) is 0 Å². The predicted octanol–water partition coefficient (Wildman–Crippen LogP) is 4.19. The van der Waals surface area contributed by atoms with Gasteiger partial charge in [-0.25, -0.2) is 4.39 Å². The van der Waals surface area contributed by atoms with Gasteiger partial charge in [0, 0.05) is 24.8 Å². The summed E-state index contributed by atoms with van der Waals surface area (Å²) in [6.07, 6.45) is 0.610. The second-order valence-electron chi connectivity index (χ2n) is 10.9. The van der Waals surface area contributed by atoms with Gasteiger partial charge in [0.2, 0.25) is 5.91 Å². The molecule has 0 saturated heterocycles. The summed E-state index contributed by atoms with van der Waals surface area (Å²) in [5.41, 5.74) is 1.75. The summed E-state index contributed by atoms with van der Waals surface area (Å²) in [7, 11) is 0. The van der Waals surface area contributed by atoms with Gasteiger partial charge in [0.25, 0.3) is 5.91 Å². The van der Waals surface area contributed by atoms with E-state index >= 15 is 0 Å². The van der Waals surface area contributed by atoms with Crippen LogP contribution in [0.25, 0.3) is 0 Å². The lowest BCUT2D eigenvalue weighted by molar-refractivity contribution is -0.274. The molecule has 0 aliphatic carbocycles. The third kappa shape index (κ3) is 9.57. The van der Waals surface area contributed by atoms with Gasteiger partial charge < -0.3 is 15.4 Å². The first-order valence-corrected chi connectivity index (χ1v) is 13.6. The lowest BCUT2D eigenvalue weighted by Crippen LogP contribution is -2.24. The predicted molar refractivity (Wildman–Crippen MR) is 149 cm³/mol. The number of nitrogens with one attached hydrogen (secondary N) is 2. The van der Waals surface area contributed by atoms with E-state index in [1.807, 2.05) is 12.1 Å². The number of rotatable bonds is 12. The van der Waals surface area contributed by atoms with E-state index < -0.39 is 30.3 Å². The topological polar surface area (TPSA) is 142 Å². The van der Waals surface area contributed by atoms with E-state index in [4.69, 9.17) is 0 Å². The third-order valence-electron chi connectivity index (χ3n) is 6.32. The average molecular weight is 618 g/mol. The zero-order valence-corrected chi connectivity index (χ0v) is 24.2. The molecule has 0 spiro atoms. The number of nitrogens with zero attached hydrogens (tertiary/aromatic N) is 7. The van der Waals surface area contributed by atoms with Crippen LogP contribution in [0.1, 0.15) is 60.9 Å². The molecule has 0 atom stereocenters. The Morgan fingerprint density at radius 3 is 2.36 bits per heavy atom. The zero-order valence-electron chi connectivity index (χ0n) is 24.2. The SMILES string of the molecule is CC(C)(C)c1ccnc(CNC(=O)c2cn(CCCCn3cc(NC(=O)Cc4cc(OC(F)(F)F)ccc4F)nn3)nn2)c1. The number of aryl methyl sites for hydroxylation is 2. The molecule has 0 aliphatic heterocycles. The van der Waals surface area contributed by atoms with Crippen LogP contribution in [0.4, 0.5) is 23.4 Å². The van der Waals surface area contributed by atoms with Crippen molar-refractivity contribution in [1.29, 1.82) is 0 Å². The van der Waals surface area contributed by atoms with Crippen LogP contribution in [0.5, 0.6) is 5.75 Å². The van der Waals surface area contributed by atoms with Crippen molar-refractivity contribution in [1.82, 2.24) is 40.3 Å². The van der Waals surface area contributed by atoms with Crippen LogP contribution in [0.3, 0.4) is 0 Å². The normalized spacial score (nSPS) is 11.8. The fraction of sp³-hybridized carbons (Fsp3) is 0.393. The highest BCUT2D eigenvalue weighted by Gasteiger charge is 2.31. The van der Waals surface area contributed by atoms with Gasteiger partial charge in [-0.3, -0.25) is 23.9 Å². The molecular formula is C28H31F4N9O3. The maximum atomic E-state index is 14.0. The maximum Gasteiger partial charge on any atom is 0.573 e. The summed E-state index contributed by atoms with van der Waals surface area (Å²) in [5, 5.41) is 21.0. The van der Waals surface area contributed by atoms with Crippen LogP contribution in [0, 0.1) is 5.82 Å². The number of aromatic nitrogens is 7. The Bertz CT molecular complexity index is 1600. The molecule has 12 nitrogen and oxygen atoms in total. The monoisotopic (exact) mass is 617 g/mol. The molecule has 16 heteroatoms. The number of halogens is 4. The molecule has 2 N–H and O–H groups in total. The van der Waals surface area contributed by atoms with E-state index in [0.717, 1.165) is 29.5 Å². The minimum Gasteiger partial charge on any atom is -0.406 e. The molecular weight excluding hydrogens is 586 g/mol. The van der Waals surface area contributed by atoms with Crippen LogP contribution >= 0.6 is 0 Å². The molecule has 44 heavy (non-hydrogen) atoms. The van der Waals surface area contributed by atoms with E-state index in [0.29, 0.717) is 25.9 Å². The molecule has 2 amide bonds. The maximum absolute atomic E-state index is 14.0. The van der Waals surface area contributed by atoms with Crippen molar-refractivity contribution in [3.05, 3.63) is 77.3 Å². The highest BCUT2D eigenvalue weighted by atomic mass is 19.4. The lowest BCUT2D eigenvalue weighted by atomic mass is 9.87. The van der Waals surface area contributed by atoms with Crippen LogP contribution in [-0.4, -0.2) is 53.1 Å². The zero-order chi connectivity index (χ0) is 31.9. The number of ether oxygens (including phenoxy) is 1. The summed E-state index contributed by atoms with van der Waals surface area (Å²) in [5.74, 6) is -2.43. The molecule has 0 saturated carbocycles. The first-order valence-electron chi connectivity index (χ1n) is 13.6. The number of hydrogen-bond acceptors (Lipinski definition) is 8. The van der Waals surface area contributed by atoms with E-state index in [-0.39, 0.29) is 34.9 Å². The second kappa shape index (κ2) is 13.6. The van der Waals surface area contributed by atoms with Gasteiger partial charge in [0.15, 0.2) is 11.5 Å². The Hall–Kier alpha value is -4.89. The average Bonchev–Trinajstić information content (AvgIpc) is 3.60.